The highest BCUT2D eigenvalue weighted by Crippen LogP contribution is 2.48. The molecule has 14 heteroatoms. The monoisotopic (exact) mass is 875 g/mol. The Morgan fingerprint density at radius 3 is 2.34 bits per heavy atom. The maximum Gasteiger partial charge on any atom is 0.337 e. The van der Waals surface area contributed by atoms with E-state index in [0.29, 0.717) is 55.9 Å². The molecule has 0 aromatic rings. The SMILES string of the molecule is CC[C@H](C)[C@H]1O[C@]2(CC[C@@H]1C)C[C@@H]1C[C@@H](C/C=C(/C)[C@@H](O[C@H]3C[C@H](OC)[C@@H](O[C@H]4C[C@H](OC)[C@@H](O)[C@H](C)O4)[C@H](C)O3)[C@@H](C)/C=C\C=C3CO[C@@H]4[C@H](O)C(C)C=C(C(=O)O1)[C@]34O)O2. The normalized spacial score (nSPS) is 48.6. The van der Waals surface area contributed by atoms with Crippen LogP contribution in [0.2, 0.25) is 0 Å². The summed E-state index contributed by atoms with van der Waals surface area (Å²) in [6, 6.07) is 0. The number of allylic oxidation sites excluding steroid dienone is 2. The number of carbonyl (C=O) groups is 1. The summed E-state index contributed by atoms with van der Waals surface area (Å²) in [5.74, 6) is -1.53. The van der Waals surface area contributed by atoms with E-state index in [1.165, 1.54) is 0 Å². The molecule has 1 spiro atoms. The first-order chi connectivity index (χ1) is 29.5. The van der Waals surface area contributed by atoms with Crippen LogP contribution in [-0.4, -0.2) is 139 Å². The summed E-state index contributed by atoms with van der Waals surface area (Å²) < 4.78 is 63.9. The van der Waals surface area contributed by atoms with Gasteiger partial charge in [0.2, 0.25) is 0 Å². The van der Waals surface area contributed by atoms with Crippen LogP contribution in [0.25, 0.3) is 0 Å². The molecule has 7 aliphatic rings. The molecule has 20 atom stereocenters. The maximum atomic E-state index is 14.3. The van der Waals surface area contributed by atoms with Crippen molar-refractivity contribution in [2.24, 2.45) is 23.7 Å². The first-order valence-corrected chi connectivity index (χ1v) is 23.2. The van der Waals surface area contributed by atoms with Gasteiger partial charge in [-0.2, -0.15) is 0 Å². The summed E-state index contributed by atoms with van der Waals surface area (Å²) in [5.41, 5.74) is -0.365. The number of aliphatic hydroxyl groups excluding tert-OH is 2. The van der Waals surface area contributed by atoms with E-state index in [0.717, 1.165) is 18.4 Å². The number of methoxy groups -OCH3 is 2. The third-order valence-electron chi connectivity index (χ3n) is 14.9. The Morgan fingerprint density at radius 1 is 0.903 bits per heavy atom. The van der Waals surface area contributed by atoms with Crippen LogP contribution in [0.15, 0.2) is 47.1 Å². The molecule has 5 fully saturated rings. The number of hydrogen-bond acceptors (Lipinski definition) is 14. The Bertz CT molecular complexity index is 1680. The molecule has 0 aromatic heterocycles. The fourth-order valence-corrected chi connectivity index (χ4v) is 10.9. The van der Waals surface area contributed by atoms with Crippen molar-refractivity contribution in [1.29, 1.82) is 0 Å². The topological polar surface area (TPSA) is 170 Å². The predicted molar refractivity (Wildman–Crippen MR) is 227 cm³/mol. The summed E-state index contributed by atoms with van der Waals surface area (Å²) >= 11 is 0. The molecular weight excluding hydrogens is 801 g/mol. The third-order valence-corrected chi connectivity index (χ3v) is 14.9. The van der Waals surface area contributed by atoms with Crippen LogP contribution >= 0.6 is 0 Å². The molecule has 1 unspecified atom stereocenters. The van der Waals surface area contributed by atoms with Gasteiger partial charge in [0.25, 0.3) is 0 Å². The largest absolute Gasteiger partial charge is 0.459 e. The lowest BCUT2D eigenvalue weighted by atomic mass is 9.72. The number of aliphatic hydroxyl groups is 3. The van der Waals surface area contributed by atoms with E-state index in [9.17, 15) is 20.1 Å². The molecule has 2 bridgehead atoms. The van der Waals surface area contributed by atoms with Crippen molar-refractivity contribution in [3.63, 3.8) is 0 Å². The van der Waals surface area contributed by atoms with E-state index in [1.54, 1.807) is 33.3 Å². The van der Waals surface area contributed by atoms with Crippen LogP contribution in [0.5, 0.6) is 0 Å². The Hall–Kier alpha value is -2.05. The lowest BCUT2D eigenvalue weighted by Crippen LogP contribution is -2.56. The van der Waals surface area contributed by atoms with Gasteiger partial charge < -0.3 is 62.7 Å². The van der Waals surface area contributed by atoms with E-state index in [-0.39, 0.29) is 36.4 Å². The number of hydrogen-bond donors (Lipinski definition) is 3. The van der Waals surface area contributed by atoms with Gasteiger partial charge in [-0.25, -0.2) is 4.79 Å². The van der Waals surface area contributed by atoms with Crippen LogP contribution in [0.3, 0.4) is 0 Å². The Kier molecular flexibility index (Phi) is 15.3. The van der Waals surface area contributed by atoms with Gasteiger partial charge in [0, 0.05) is 58.2 Å². The second kappa shape index (κ2) is 19.8. The van der Waals surface area contributed by atoms with Crippen LogP contribution in [0, 0.1) is 23.7 Å². The minimum Gasteiger partial charge on any atom is -0.459 e. The smallest absolute Gasteiger partial charge is 0.337 e. The van der Waals surface area contributed by atoms with Crippen LogP contribution in [0.1, 0.15) is 107 Å². The molecule has 350 valence electrons. The van der Waals surface area contributed by atoms with Gasteiger partial charge >= 0.3 is 5.97 Å². The molecule has 1 aliphatic carbocycles. The van der Waals surface area contributed by atoms with Crippen molar-refractivity contribution in [3.05, 3.63) is 47.1 Å². The zero-order chi connectivity index (χ0) is 44.7. The molecule has 7 rings (SSSR count). The zero-order valence-corrected chi connectivity index (χ0v) is 38.5. The summed E-state index contributed by atoms with van der Waals surface area (Å²) in [5, 5.41) is 34.2. The number of rotatable bonds is 8. The molecule has 3 N–H and O–H groups in total. The Labute approximate surface area is 368 Å². The molecular formula is C48H74O14. The van der Waals surface area contributed by atoms with Gasteiger partial charge in [0.05, 0.1) is 61.0 Å². The summed E-state index contributed by atoms with van der Waals surface area (Å²) in [7, 11) is 3.23. The molecule has 62 heavy (non-hydrogen) atoms. The predicted octanol–water partition coefficient (Wildman–Crippen LogP) is 5.60. The molecule has 6 heterocycles. The van der Waals surface area contributed by atoms with Crippen molar-refractivity contribution in [3.8, 4) is 0 Å². The van der Waals surface area contributed by atoms with Crippen LogP contribution in [-0.2, 0) is 52.2 Å². The van der Waals surface area contributed by atoms with E-state index >= 15 is 0 Å². The second-order valence-corrected chi connectivity index (χ2v) is 19.4. The van der Waals surface area contributed by atoms with Crippen molar-refractivity contribution < 1.29 is 67.5 Å². The quantitative estimate of drug-likeness (QED) is 0.204. The molecule has 0 aromatic carbocycles. The minimum atomic E-state index is -1.88. The van der Waals surface area contributed by atoms with Crippen molar-refractivity contribution in [2.45, 2.75) is 204 Å². The standard InChI is InChI=1S/C48H74O14/c1-11-25(2)43-28(5)17-18-47(62-43)23-34-20-33(61-47)16-15-27(4)42(26(3)13-12-14-32-24-55-45-40(49)29(6)19-35(46(51)58-34)48(32,45)52)59-39-22-37(54-10)44(31(8)57-39)60-38-21-36(53-9)41(50)30(7)56-38/h12-15,19,25-26,28-31,33-34,36-45,49-50,52H,11,16-18,20-24H2,1-10H3/b13-12-,27-15-,32-14?/t25-,26-,28-,29?,30-,31-,33+,34-,36-,37-,38-,39-,40+,41-,42-,43+,44-,45+,47+,48+/m0/s1. The van der Waals surface area contributed by atoms with Gasteiger partial charge in [-0.05, 0) is 56.6 Å². The van der Waals surface area contributed by atoms with Gasteiger partial charge in [-0.1, -0.05) is 71.4 Å². The van der Waals surface area contributed by atoms with E-state index in [4.69, 9.17) is 47.4 Å². The van der Waals surface area contributed by atoms with E-state index in [2.05, 4.69) is 40.7 Å². The molecule has 6 aliphatic heterocycles. The van der Waals surface area contributed by atoms with Crippen molar-refractivity contribution in [2.75, 3.05) is 20.8 Å². The van der Waals surface area contributed by atoms with Crippen LogP contribution < -0.4 is 0 Å². The van der Waals surface area contributed by atoms with Gasteiger partial charge in [0.15, 0.2) is 18.4 Å². The van der Waals surface area contributed by atoms with E-state index in [1.807, 2.05) is 26.0 Å². The highest BCUT2D eigenvalue weighted by molar-refractivity contribution is 5.93. The number of fused-ring (bicyclic) bond motifs is 2. The van der Waals surface area contributed by atoms with Crippen LogP contribution in [0.4, 0.5) is 0 Å². The summed E-state index contributed by atoms with van der Waals surface area (Å²) in [4.78, 5) is 14.3. The molecule has 0 saturated carbocycles. The summed E-state index contributed by atoms with van der Waals surface area (Å²) in [6.07, 6.45) is 6.53. The van der Waals surface area contributed by atoms with E-state index < -0.39 is 90.8 Å². The highest BCUT2D eigenvalue weighted by atomic mass is 16.7. The van der Waals surface area contributed by atoms with Crippen molar-refractivity contribution >= 4 is 5.97 Å². The fourth-order valence-electron chi connectivity index (χ4n) is 10.9. The average molecular weight is 875 g/mol. The van der Waals surface area contributed by atoms with Gasteiger partial charge in [0.1, 0.15) is 30.0 Å². The van der Waals surface area contributed by atoms with Gasteiger partial charge in [-0.3, -0.25) is 0 Å². The molecule has 14 nitrogen and oxygen atoms in total. The number of esters is 1. The lowest BCUT2D eigenvalue weighted by Gasteiger charge is -2.51. The third kappa shape index (κ3) is 9.73. The molecule has 0 radical (unpaired) electrons. The maximum absolute atomic E-state index is 14.3. The Balaban J connectivity index is 1.18. The lowest BCUT2D eigenvalue weighted by molar-refractivity contribution is -0.340. The molecule has 5 saturated heterocycles. The fraction of sp³-hybridized carbons (Fsp3) is 0.812. The van der Waals surface area contributed by atoms with Gasteiger partial charge in [-0.15, -0.1) is 0 Å². The zero-order valence-electron chi connectivity index (χ0n) is 38.5. The number of carbonyl (C=O) groups excluding carboxylic acids is 1. The second-order valence-electron chi connectivity index (χ2n) is 19.4. The minimum absolute atomic E-state index is 0.00895. The van der Waals surface area contributed by atoms with Crippen molar-refractivity contribution in [1.82, 2.24) is 0 Å². The highest BCUT2D eigenvalue weighted by Gasteiger charge is 2.59. The number of ether oxygens (including phenoxy) is 10. The summed E-state index contributed by atoms with van der Waals surface area (Å²) in [6.45, 7) is 16.3. The Morgan fingerprint density at radius 2 is 1.61 bits per heavy atom. The average Bonchev–Trinajstić information content (AvgIpc) is 3.58. The molecule has 0 amide bonds. The first kappa shape index (κ1) is 47.9. The first-order valence-electron chi connectivity index (χ1n) is 23.2.